The van der Waals surface area contributed by atoms with Gasteiger partial charge in [0.05, 0.1) is 5.02 Å². The van der Waals surface area contributed by atoms with Gasteiger partial charge in [0.2, 0.25) is 0 Å². The van der Waals surface area contributed by atoms with Crippen molar-refractivity contribution in [2.45, 2.75) is 6.04 Å². The average molecular weight is 397 g/mol. The fraction of sp³-hybridized carbons (Fsp3) is 0.143. The Bertz CT molecular complexity index is 1120. The fourth-order valence-corrected chi connectivity index (χ4v) is 3.78. The molecule has 4 rings (SSSR count). The van der Waals surface area contributed by atoms with E-state index in [0.29, 0.717) is 16.5 Å². The second kappa shape index (κ2) is 7.13. The second-order valence-corrected chi connectivity index (χ2v) is 6.97. The number of aryl methyl sites for hydroxylation is 2. The number of halogens is 2. The van der Waals surface area contributed by atoms with Crippen LogP contribution in [0.1, 0.15) is 27.9 Å². The number of benzene rings is 2. The highest BCUT2D eigenvalue weighted by atomic mass is 35.5. The predicted molar refractivity (Wildman–Crippen MR) is 107 cm³/mol. The molecule has 1 amide bonds. The summed E-state index contributed by atoms with van der Waals surface area (Å²) >= 11 is 6.51. The number of hydrogen-bond donors (Lipinski definition) is 1. The van der Waals surface area contributed by atoms with Crippen molar-refractivity contribution >= 4 is 28.4 Å². The molecule has 28 heavy (non-hydrogen) atoms. The molecule has 0 saturated carbocycles. The lowest BCUT2D eigenvalue weighted by atomic mass is 10.1. The van der Waals surface area contributed by atoms with E-state index in [2.05, 4.69) is 10.3 Å². The van der Waals surface area contributed by atoms with Gasteiger partial charge in [-0.25, -0.2) is 9.37 Å². The maximum Gasteiger partial charge on any atom is 0.270 e. The van der Waals surface area contributed by atoms with Gasteiger partial charge in [-0.2, -0.15) is 0 Å². The number of fused-ring (bicyclic) bond motifs is 1. The van der Waals surface area contributed by atoms with Gasteiger partial charge in [-0.3, -0.25) is 4.79 Å². The number of amides is 1. The van der Waals surface area contributed by atoms with E-state index in [0.717, 1.165) is 16.5 Å². The van der Waals surface area contributed by atoms with Crippen molar-refractivity contribution in [2.24, 2.45) is 14.1 Å². The largest absolute Gasteiger partial charge is 0.338 e. The first-order valence-corrected chi connectivity index (χ1v) is 9.11. The molecular formula is C21H18ClFN4O. The number of imidazole rings is 1. The van der Waals surface area contributed by atoms with Crippen LogP contribution in [0.3, 0.4) is 0 Å². The Morgan fingerprint density at radius 3 is 2.50 bits per heavy atom. The lowest BCUT2D eigenvalue weighted by Crippen LogP contribution is -2.32. The minimum absolute atomic E-state index is 0.332. The van der Waals surface area contributed by atoms with Gasteiger partial charge in [-0.05, 0) is 23.8 Å². The highest BCUT2D eigenvalue weighted by Gasteiger charge is 2.25. The van der Waals surface area contributed by atoms with Crippen LogP contribution in [0, 0.1) is 5.82 Å². The van der Waals surface area contributed by atoms with Gasteiger partial charge in [0.25, 0.3) is 5.91 Å². The van der Waals surface area contributed by atoms with Crippen LogP contribution in [0.5, 0.6) is 0 Å². The highest BCUT2D eigenvalue weighted by Crippen LogP contribution is 2.30. The van der Waals surface area contributed by atoms with Gasteiger partial charge >= 0.3 is 0 Å². The predicted octanol–water partition coefficient (Wildman–Crippen LogP) is 4.22. The van der Waals surface area contributed by atoms with E-state index in [1.54, 1.807) is 36.1 Å². The molecule has 142 valence electrons. The molecule has 0 radical (unpaired) electrons. The van der Waals surface area contributed by atoms with E-state index in [9.17, 15) is 9.18 Å². The molecule has 0 bridgehead atoms. The summed E-state index contributed by atoms with van der Waals surface area (Å²) in [5.41, 5.74) is 1.95. The highest BCUT2D eigenvalue weighted by molar-refractivity contribution is 6.38. The third kappa shape index (κ3) is 3.05. The number of nitrogens with zero attached hydrogens (tertiary/aromatic N) is 3. The van der Waals surface area contributed by atoms with Crippen LogP contribution in [-0.2, 0) is 14.1 Å². The molecule has 1 N–H and O–H groups in total. The lowest BCUT2D eigenvalue weighted by Gasteiger charge is -2.19. The zero-order chi connectivity index (χ0) is 19.8. The molecule has 2 aromatic carbocycles. The standard InChI is InChI=1S/C21H18ClFN4O/c1-26-12-11-24-20(26)18(13-7-9-14(23)10-8-13)25-21(28)19-17(22)15-5-3-4-6-16(15)27(19)2/h3-12,18H,1-2H3,(H,25,28). The van der Waals surface area contributed by atoms with Crippen LogP contribution in [0.25, 0.3) is 10.9 Å². The molecule has 0 aliphatic carbocycles. The summed E-state index contributed by atoms with van der Waals surface area (Å²) in [6.07, 6.45) is 3.45. The number of para-hydroxylation sites is 1. The second-order valence-electron chi connectivity index (χ2n) is 6.59. The number of carbonyl (C=O) groups is 1. The van der Waals surface area contributed by atoms with Gasteiger partial charge in [0, 0.05) is 37.4 Å². The lowest BCUT2D eigenvalue weighted by molar-refractivity contribution is 0.0933. The maximum atomic E-state index is 13.4. The van der Waals surface area contributed by atoms with Crippen LogP contribution in [0.4, 0.5) is 4.39 Å². The summed E-state index contributed by atoms with van der Waals surface area (Å²) in [7, 11) is 3.64. The van der Waals surface area contributed by atoms with E-state index in [1.165, 1.54) is 12.1 Å². The molecule has 0 spiro atoms. The van der Waals surface area contributed by atoms with Gasteiger partial charge in [0.1, 0.15) is 23.4 Å². The topological polar surface area (TPSA) is 51.9 Å². The van der Waals surface area contributed by atoms with Crippen LogP contribution in [0.2, 0.25) is 5.02 Å². The molecule has 4 aromatic rings. The Morgan fingerprint density at radius 1 is 1.14 bits per heavy atom. The van der Waals surface area contributed by atoms with Crippen LogP contribution >= 0.6 is 11.6 Å². The third-order valence-corrected chi connectivity index (χ3v) is 5.24. The minimum atomic E-state index is -0.554. The van der Waals surface area contributed by atoms with Crippen molar-refractivity contribution in [1.82, 2.24) is 19.4 Å². The number of hydrogen-bond acceptors (Lipinski definition) is 2. The summed E-state index contributed by atoms with van der Waals surface area (Å²) < 4.78 is 17.0. The first-order valence-electron chi connectivity index (χ1n) is 8.74. The zero-order valence-electron chi connectivity index (χ0n) is 15.4. The quantitative estimate of drug-likeness (QED) is 0.561. The molecule has 7 heteroatoms. The number of rotatable bonds is 4. The maximum absolute atomic E-state index is 13.4. The van der Waals surface area contributed by atoms with E-state index in [4.69, 9.17) is 11.6 Å². The molecule has 2 heterocycles. The monoisotopic (exact) mass is 396 g/mol. The third-order valence-electron chi connectivity index (χ3n) is 4.86. The normalized spacial score (nSPS) is 12.3. The summed E-state index contributed by atoms with van der Waals surface area (Å²) in [5, 5.41) is 4.21. The molecular weight excluding hydrogens is 379 g/mol. The number of aromatic nitrogens is 3. The van der Waals surface area contributed by atoms with Crippen molar-refractivity contribution in [2.75, 3.05) is 0 Å². The van der Waals surface area contributed by atoms with Crippen LogP contribution in [-0.4, -0.2) is 20.0 Å². The fourth-order valence-electron chi connectivity index (χ4n) is 3.41. The zero-order valence-corrected chi connectivity index (χ0v) is 16.1. The molecule has 0 aliphatic heterocycles. The Balaban J connectivity index is 1.76. The van der Waals surface area contributed by atoms with Crippen LogP contribution < -0.4 is 5.32 Å². The molecule has 5 nitrogen and oxygen atoms in total. The van der Waals surface area contributed by atoms with Gasteiger partial charge in [-0.1, -0.05) is 41.9 Å². The summed E-state index contributed by atoms with van der Waals surface area (Å²) in [5.74, 6) is -0.0405. The Morgan fingerprint density at radius 2 is 1.86 bits per heavy atom. The van der Waals surface area contributed by atoms with E-state index < -0.39 is 6.04 Å². The van der Waals surface area contributed by atoms with E-state index in [-0.39, 0.29) is 11.7 Å². The van der Waals surface area contributed by atoms with Gasteiger partial charge in [-0.15, -0.1) is 0 Å². The van der Waals surface area contributed by atoms with E-state index >= 15 is 0 Å². The van der Waals surface area contributed by atoms with E-state index in [1.807, 2.05) is 35.9 Å². The smallest absolute Gasteiger partial charge is 0.270 e. The Labute approximate surface area is 166 Å². The molecule has 1 atom stereocenters. The summed E-state index contributed by atoms with van der Waals surface area (Å²) in [4.78, 5) is 17.5. The van der Waals surface area contributed by atoms with Crippen molar-refractivity contribution in [1.29, 1.82) is 0 Å². The van der Waals surface area contributed by atoms with Crippen molar-refractivity contribution in [3.63, 3.8) is 0 Å². The molecule has 0 fully saturated rings. The molecule has 0 saturated heterocycles. The van der Waals surface area contributed by atoms with Gasteiger partial charge < -0.3 is 14.5 Å². The Hall–Kier alpha value is -3.12. The van der Waals surface area contributed by atoms with Crippen molar-refractivity contribution in [3.8, 4) is 0 Å². The van der Waals surface area contributed by atoms with Crippen molar-refractivity contribution in [3.05, 3.63) is 88.8 Å². The summed E-state index contributed by atoms with van der Waals surface area (Å²) in [6.45, 7) is 0. The van der Waals surface area contributed by atoms with Crippen molar-refractivity contribution < 1.29 is 9.18 Å². The summed E-state index contributed by atoms with van der Waals surface area (Å²) in [6, 6.07) is 13.0. The number of nitrogens with one attached hydrogen (secondary N) is 1. The number of carbonyl (C=O) groups excluding carboxylic acids is 1. The van der Waals surface area contributed by atoms with Crippen LogP contribution in [0.15, 0.2) is 60.9 Å². The Kier molecular flexibility index (Phi) is 4.65. The van der Waals surface area contributed by atoms with Gasteiger partial charge in [0.15, 0.2) is 0 Å². The average Bonchev–Trinajstić information content (AvgIpc) is 3.22. The molecule has 0 aliphatic rings. The first-order chi connectivity index (χ1) is 13.5. The first kappa shape index (κ1) is 18.3. The minimum Gasteiger partial charge on any atom is -0.338 e. The SMILES string of the molecule is Cn1ccnc1C(NC(=O)c1c(Cl)c2ccccc2n1C)c1ccc(F)cc1. The molecule has 1 unspecified atom stereocenters. The molecule has 2 aromatic heterocycles.